The Bertz CT molecular complexity index is 419. The number of carbonyl (C=O) groups excluding carboxylic acids is 1. The van der Waals surface area contributed by atoms with Crippen LogP contribution < -0.4 is 0 Å². The fourth-order valence-electron chi connectivity index (χ4n) is 3.41. The Balaban J connectivity index is 1.94. The summed E-state index contributed by atoms with van der Waals surface area (Å²) in [5, 5.41) is 0. The highest BCUT2D eigenvalue weighted by atomic mass is 16.1. The summed E-state index contributed by atoms with van der Waals surface area (Å²) in [6.45, 7) is 6.48. The zero-order valence-corrected chi connectivity index (χ0v) is 12.5. The van der Waals surface area contributed by atoms with Crippen LogP contribution in [0.15, 0.2) is 18.2 Å². The van der Waals surface area contributed by atoms with E-state index in [-0.39, 0.29) is 0 Å². The molecule has 0 atom stereocenters. The number of ketones is 1. The van der Waals surface area contributed by atoms with Crippen molar-refractivity contribution in [1.82, 2.24) is 0 Å². The molecule has 0 spiro atoms. The summed E-state index contributed by atoms with van der Waals surface area (Å²) < 4.78 is 0. The van der Waals surface area contributed by atoms with Crippen molar-refractivity contribution in [2.24, 2.45) is 11.8 Å². The van der Waals surface area contributed by atoms with E-state index in [2.05, 4.69) is 39.0 Å². The predicted octanol–water partition coefficient (Wildman–Crippen LogP) is 4.63. The van der Waals surface area contributed by atoms with E-state index >= 15 is 0 Å². The third-order valence-electron chi connectivity index (χ3n) is 4.54. The van der Waals surface area contributed by atoms with Crippen molar-refractivity contribution in [3.8, 4) is 0 Å². The molecule has 1 aliphatic rings. The summed E-state index contributed by atoms with van der Waals surface area (Å²) in [4.78, 5) is 12.4. The van der Waals surface area contributed by atoms with Gasteiger partial charge in [0.15, 0.2) is 0 Å². The number of rotatable bonds is 4. The fourth-order valence-corrected chi connectivity index (χ4v) is 3.41. The van der Waals surface area contributed by atoms with Gasteiger partial charge in [0, 0.05) is 12.3 Å². The van der Waals surface area contributed by atoms with E-state index < -0.39 is 0 Å². The van der Waals surface area contributed by atoms with E-state index in [0.29, 0.717) is 18.1 Å². The van der Waals surface area contributed by atoms with Gasteiger partial charge in [-0.15, -0.1) is 0 Å². The molecular weight excluding hydrogens is 232 g/mol. The molecule has 1 saturated carbocycles. The Morgan fingerprint density at radius 2 is 1.63 bits per heavy atom. The molecule has 0 amide bonds. The van der Waals surface area contributed by atoms with Gasteiger partial charge in [0.25, 0.3) is 0 Å². The number of carbonyl (C=O) groups is 1. The molecule has 1 aromatic rings. The second-order valence-corrected chi connectivity index (χ2v) is 6.26. The molecular formula is C18H26O. The minimum atomic E-state index is 0.323. The van der Waals surface area contributed by atoms with Gasteiger partial charge in [-0.05, 0) is 51.0 Å². The molecule has 0 bridgehead atoms. The smallest absolute Gasteiger partial charge is 0.140 e. The Labute approximate surface area is 117 Å². The van der Waals surface area contributed by atoms with Crippen LogP contribution in [0, 0.1) is 25.7 Å². The average molecular weight is 258 g/mol. The minimum absolute atomic E-state index is 0.323. The minimum Gasteiger partial charge on any atom is -0.299 e. The van der Waals surface area contributed by atoms with Crippen molar-refractivity contribution in [2.45, 2.75) is 59.3 Å². The Kier molecular flexibility index (Phi) is 4.79. The molecule has 0 saturated heterocycles. The number of benzene rings is 1. The van der Waals surface area contributed by atoms with Crippen molar-refractivity contribution < 1.29 is 4.79 Å². The second-order valence-electron chi connectivity index (χ2n) is 6.26. The van der Waals surface area contributed by atoms with Gasteiger partial charge in [-0.25, -0.2) is 0 Å². The molecule has 0 aliphatic heterocycles. The predicted molar refractivity (Wildman–Crippen MR) is 80.4 cm³/mol. The average Bonchev–Trinajstić information content (AvgIpc) is 2.37. The number of hydrogen-bond acceptors (Lipinski definition) is 1. The van der Waals surface area contributed by atoms with E-state index in [1.54, 1.807) is 0 Å². The number of aryl methyl sites for hydroxylation is 2. The van der Waals surface area contributed by atoms with E-state index in [1.807, 2.05) is 0 Å². The van der Waals surface area contributed by atoms with Crippen LogP contribution in [0.5, 0.6) is 0 Å². The molecule has 0 unspecified atom stereocenters. The van der Waals surface area contributed by atoms with Gasteiger partial charge in [0.2, 0.25) is 0 Å². The largest absolute Gasteiger partial charge is 0.299 e. The van der Waals surface area contributed by atoms with Crippen LogP contribution in [-0.2, 0) is 11.2 Å². The maximum Gasteiger partial charge on any atom is 0.140 e. The molecule has 2 rings (SSSR count). The quantitative estimate of drug-likeness (QED) is 0.769. The summed E-state index contributed by atoms with van der Waals surface area (Å²) >= 11 is 0. The van der Waals surface area contributed by atoms with Gasteiger partial charge in [0.05, 0.1) is 0 Å². The van der Waals surface area contributed by atoms with Crippen molar-refractivity contribution >= 4 is 5.78 Å². The third-order valence-corrected chi connectivity index (χ3v) is 4.54. The number of Topliss-reactive ketones (excluding diaryl/α,β-unsaturated/α-hetero) is 1. The lowest BCUT2D eigenvalue weighted by Gasteiger charge is -2.26. The van der Waals surface area contributed by atoms with Crippen LogP contribution in [0.4, 0.5) is 0 Å². The first kappa shape index (κ1) is 14.3. The van der Waals surface area contributed by atoms with Crippen LogP contribution >= 0.6 is 0 Å². The highest BCUT2D eigenvalue weighted by molar-refractivity contribution is 5.83. The molecule has 1 aromatic carbocycles. The molecule has 1 aliphatic carbocycles. The van der Waals surface area contributed by atoms with Gasteiger partial charge in [-0.3, -0.25) is 4.79 Å². The number of hydrogen-bond donors (Lipinski definition) is 0. The van der Waals surface area contributed by atoms with Crippen molar-refractivity contribution in [3.05, 3.63) is 34.9 Å². The summed E-state index contributed by atoms with van der Waals surface area (Å²) in [5.41, 5.74) is 3.72. The molecule has 1 heteroatoms. The van der Waals surface area contributed by atoms with E-state index in [4.69, 9.17) is 0 Å². The third kappa shape index (κ3) is 3.92. The van der Waals surface area contributed by atoms with Crippen LogP contribution in [0.2, 0.25) is 0 Å². The van der Waals surface area contributed by atoms with Crippen LogP contribution in [0.3, 0.4) is 0 Å². The highest BCUT2D eigenvalue weighted by Crippen LogP contribution is 2.31. The molecule has 0 radical (unpaired) electrons. The topological polar surface area (TPSA) is 17.1 Å². The fraction of sp³-hybridized carbons (Fsp3) is 0.611. The lowest BCUT2D eigenvalue weighted by Crippen LogP contribution is -2.23. The lowest BCUT2D eigenvalue weighted by atomic mass is 9.78. The van der Waals surface area contributed by atoms with Gasteiger partial charge < -0.3 is 0 Å². The molecule has 19 heavy (non-hydrogen) atoms. The first-order valence-corrected chi connectivity index (χ1v) is 7.68. The second kappa shape index (κ2) is 6.36. The standard InChI is InChI=1S/C18H26O/c1-4-15-5-7-17(8-6-15)18(19)12-16-10-13(2)9-14(3)11-16/h9-11,15,17H,4-8,12H2,1-3H3. The van der Waals surface area contributed by atoms with E-state index in [9.17, 15) is 4.79 Å². The molecule has 1 fully saturated rings. The van der Waals surface area contributed by atoms with Gasteiger partial charge in [0.1, 0.15) is 5.78 Å². The van der Waals surface area contributed by atoms with Gasteiger partial charge in [-0.2, -0.15) is 0 Å². The van der Waals surface area contributed by atoms with E-state index in [0.717, 1.165) is 18.8 Å². The van der Waals surface area contributed by atoms with Crippen LogP contribution in [-0.4, -0.2) is 5.78 Å². The molecule has 0 heterocycles. The monoisotopic (exact) mass is 258 g/mol. The first-order chi connectivity index (χ1) is 9.08. The van der Waals surface area contributed by atoms with Crippen molar-refractivity contribution in [2.75, 3.05) is 0 Å². The normalized spacial score (nSPS) is 23.3. The molecule has 1 nitrogen and oxygen atoms in total. The van der Waals surface area contributed by atoms with E-state index in [1.165, 1.54) is 36.0 Å². The van der Waals surface area contributed by atoms with Gasteiger partial charge in [-0.1, -0.05) is 42.7 Å². The van der Waals surface area contributed by atoms with Gasteiger partial charge >= 0.3 is 0 Å². The Hall–Kier alpha value is -1.11. The van der Waals surface area contributed by atoms with Crippen molar-refractivity contribution in [1.29, 1.82) is 0 Å². The Morgan fingerprint density at radius 1 is 1.05 bits per heavy atom. The first-order valence-electron chi connectivity index (χ1n) is 7.68. The molecule has 0 aromatic heterocycles. The maximum absolute atomic E-state index is 12.4. The Morgan fingerprint density at radius 3 is 2.16 bits per heavy atom. The lowest BCUT2D eigenvalue weighted by molar-refractivity contribution is -0.123. The summed E-state index contributed by atoms with van der Waals surface area (Å²) in [6.07, 6.45) is 6.63. The summed E-state index contributed by atoms with van der Waals surface area (Å²) in [6, 6.07) is 6.48. The molecule has 104 valence electrons. The maximum atomic E-state index is 12.4. The van der Waals surface area contributed by atoms with Crippen molar-refractivity contribution in [3.63, 3.8) is 0 Å². The highest BCUT2D eigenvalue weighted by Gasteiger charge is 2.25. The van der Waals surface area contributed by atoms with Crippen LogP contribution in [0.25, 0.3) is 0 Å². The zero-order chi connectivity index (χ0) is 13.8. The summed E-state index contributed by atoms with van der Waals surface area (Å²) in [5.74, 6) is 1.65. The van der Waals surface area contributed by atoms with Crippen LogP contribution in [0.1, 0.15) is 55.7 Å². The summed E-state index contributed by atoms with van der Waals surface area (Å²) in [7, 11) is 0. The zero-order valence-electron chi connectivity index (χ0n) is 12.5. The SMILES string of the molecule is CCC1CCC(C(=O)Cc2cc(C)cc(C)c2)CC1. The molecule has 0 N–H and O–H groups in total.